The normalized spacial score (nSPS) is 10.2. The number of nitrogens with zero attached hydrogens (tertiary/aromatic N) is 3. The van der Waals surface area contributed by atoms with Gasteiger partial charge in [-0.2, -0.15) is 0 Å². The molecule has 8 nitrogen and oxygen atoms in total. The molecule has 0 saturated heterocycles. The molecule has 2 aromatic rings. The highest BCUT2D eigenvalue weighted by atomic mass is 32.1. The molecule has 0 spiro atoms. The van der Waals surface area contributed by atoms with Gasteiger partial charge in [0, 0.05) is 23.7 Å². The summed E-state index contributed by atoms with van der Waals surface area (Å²) in [6.45, 7) is 4.25. The Labute approximate surface area is 124 Å². The van der Waals surface area contributed by atoms with E-state index in [0.29, 0.717) is 17.5 Å². The standard InChI is InChI=1S/C12H13N5O3S/c1-3-13-10-9(4-8(6-14-10)17(19)20)11(18)16-12-15-5-7(2)21-12/h4-6H,3H2,1-2H3,(H,13,14)(H,15,16,18). The minimum absolute atomic E-state index is 0.110. The maximum atomic E-state index is 12.2. The summed E-state index contributed by atoms with van der Waals surface area (Å²) >= 11 is 1.32. The number of pyridine rings is 1. The molecule has 0 aromatic carbocycles. The number of aromatic nitrogens is 2. The summed E-state index contributed by atoms with van der Waals surface area (Å²) in [7, 11) is 0. The molecular formula is C12H13N5O3S. The van der Waals surface area contributed by atoms with E-state index in [1.165, 1.54) is 17.4 Å². The molecule has 0 atom stereocenters. The molecule has 2 N–H and O–H groups in total. The van der Waals surface area contributed by atoms with Crippen LogP contribution in [0.2, 0.25) is 0 Å². The minimum atomic E-state index is -0.590. The Morgan fingerprint density at radius 1 is 1.43 bits per heavy atom. The second kappa shape index (κ2) is 6.27. The van der Waals surface area contributed by atoms with Crippen molar-refractivity contribution in [3.05, 3.63) is 39.0 Å². The Morgan fingerprint density at radius 3 is 2.76 bits per heavy atom. The van der Waals surface area contributed by atoms with Crippen molar-refractivity contribution in [2.45, 2.75) is 13.8 Å². The van der Waals surface area contributed by atoms with Crippen molar-refractivity contribution in [2.24, 2.45) is 0 Å². The van der Waals surface area contributed by atoms with Gasteiger partial charge in [-0.15, -0.1) is 11.3 Å². The van der Waals surface area contributed by atoms with Crippen LogP contribution < -0.4 is 10.6 Å². The fourth-order valence-corrected chi connectivity index (χ4v) is 2.27. The predicted octanol–water partition coefficient (Wildman–Crippen LogP) is 2.44. The highest BCUT2D eigenvalue weighted by Crippen LogP contribution is 2.22. The molecule has 0 unspecified atom stereocenters. The Morgan fingerprint density at radius 2 is 2.19 bits per heavy atom. The van der Waals surface area contributed by atoms with Gasteiger partial charge >= 0.3 is 0 Å². The lowest BCUT2D eigenvalue weighted by Crippen LogP contribution is -2.16. The van der Waals surface area contributed by atoms with E-state index in [-0.39, 0.29) is 11.3 Å². The third-order valence-electron chi connectivity index (χ3n) is 2.51. The van der Waals surface area contributed by atoms with Crippen molar-refractivity contribution in [1.82, 2.24) is 9.97 Å². The topological polar surface area (TPSA) is 110 Å². The summed E-state index contributed by atoms with van der Waals surface area (Å²) in [6.07, 6.45) is 2.75. The maximum absolute atomic E-state index is 12.2. The molecule has 0 fully saturated rings. The van der Waals surface area contributed by atoms with Gasteiger partial charge in [0.1, 0.15) is 12.0 Å². The van der Waals surface area contributed by atoms with E-state index in [0.717, 1.165) is 11.1 Å². The minimum Gasteiger partial charge on any atom is -0.370 e. The lowest BCUT2D eigenvalue weighted by atomic mass is 10.2. The van der Waals surface area contributed by atoms with Crippen LogP contribution in [0.1, 0.15) is 22.2 Å². The quantitative estimate of drug-likeness (QED) is 0.648. The zero-order valence-corrected chi connectivity index (χ0v) is 12.2. The number of aryl methyl sites for hydroxylation is 1. The Hall–Kier alpha value is -2.55. The molecule has 1 amide bonds. The molecule has 9 heteroatoms. The molecule has 0 aliphatic heterocycles. The van der Waals surface area contributed by atoms with Crippen LogP contribution in [0.15, 0.2) is 18.5 Å². The fourth-order valence-electron chi connectivity index (χ4n) is 1.61. The first-order chi connectivity index (χ1) is 10.0. The number of amides is 1. The van der Waals surface area contributed by atoms with Crippen LogP contribution in [0.4, 0.5) is 16.6 Å². The summed E-state index contributed by atoms with van der Waals surface area (Å²) in [6, 6.07) is 1.20. The van der Waals surface area contributed by atoms with Gasteiger partial charge in [0.2, 0.25) is 0 Å². The van der Waals surface area contributed by atoms with E-state index in [2.05, 4.69) is 20.6 Å². The van der Waals surface area contributed by atoms with Crippen molar-refractivity contribution < 1.29 is 9.72 Å². The molecule has 21 heavy (non-hydrogen) atoms. The predicted molar refractivity (Wildman–Crippen MR) is 79.9 cm³/mol. The first-order valence-corrected chi connectivity index (χ1v) is 6.95. The van der Waals surface area contributed by atoms with E-state index in [1.54, 1.807) is 6.20 Å². The first kappa shape index (κ1) is 14.9. The molecule has 2 aromatic heterocycles. The summed E-state index contributed by atoms with van der Waals surface area (Å²) in [5, 5.41) is 16.8. The van der Waals surface area contributed by atoms with Crippen molar-refractivity contribution in [2.75, 3.05) is 17.2 Å². The van der Waals surface area contributed by atoms with Gasteiger partial charge in [-0.25, -0.2) is 9.97 Å². The van der Waals surface area contributed by atoms with Crippen LogP contribution >= 0.6 is 11.3 Å². The molecule has 110 valence electrons. The SMILES string of the molecule is CCNc1ncc([N+](=O)[O-])cc1C(=O)Nc1ncc(C)s1. The van der Waals surface area contributed by atoms with Gasteiger partial charge in [-0.05, 0) is 13.8 Å². The van der Waals surface area contributed by atoms with Gasteiger partial charge in [-0.1, -0.05) is 0 Å². The molecule has 0 aliphatic carbocycles. The highest BCUT2D eigenvalue weighted by Gasteiger charge is 2.18. The van der Waals surface area contributed by atoms with Gasteiger partial charge in [-0.3, -0.25) is 20.2 Å². The monoisotopic (exact) mass is 307 g/mol. The van der Waals surface area contributed by atoms with E-state index < -0.39 is 10.8 Å². The number of thiazole rings is 1. The summed E-state index contributed by atoms with van der Waals surface area (Å²) < 4.78 is 0. The number of anilines is 2. The highest BCUT2D eigenvalue weighted by molar-refractivity contribution is 7.15. The smallest absolute Gasteiger partial charge is 0.288 e. The average Bonchev–Trinajstić information content (AvgIpc) is 2.84. The lowest BCUT2D eigenvalue weighted by Gasteiger charge is -2.08. The lowest BCUT2D eigenvalue weighted by molar-refractivity contribution is -0.385. The molecule has 2 heterocycles. The van der Waals surface area contributed by atoms with E-state index in [4.69, 9.17) is 0 Å². The first-order valence-electron chi connectivity index (χ1n) is 6.13. The molecule has 0 radical (unpaired) electrons. The van der Waals surface area contributed by atoms with E-state index in [1.807, 2.05) is 13.8 Å². The van der Waals surface area contributed by atoms with Crippen molar-refractivity contribution in [3.63, 3.8) is 0 Å². The Kier molecular flexibility index (Phi) is 4.43. The third-order valence-corrected chi connectivity index (χ3v) is 3.34. The van der Waals surface area contributed by atoms with Crippen molar-refractivity contribution in [3.8, 4) is 0 Å². The number of hydrogen-bond acceptors (Lipinski definition) is 7. The van der Waals surface area contributed by atoms with Gasteiger partial charge in [0.05, 0.1) is 10.5 Å². The number of nitro groups is 1. The van der Waals surface area contributed by atoms with Crippen LogP contribution in [0.3, 0.4) is 0 Å². The van der Waals surface area contributed by atoms with Crippen molar-refractivity contribution in [1.29, 1.82) is 0 Å². The molecule has 0 bridgehead atoms. The van der Waals surface area contributed by atoms with Gasteiger partial charge < -0.3 is 5.32 Å². The fraction of sp³-hybridized carbons (Fsp3) is 0.250. The van der Waals surface area contributed by atoms with Crippen molar-refractivity contribution >= 4 is 33.9 Å². The zero-order valence-electron chi connectivity index (χ0n) is 11.4. The van der Waals surface area contributed by atoms with Crippen LogP contribution in [-0.2, 0) is 0 Å². The third kappa shape index (κ3) is 3.51. The van der Waals surface area contributed by atoms with Gasteiger partial charge in [0.15, 0.2) is 5.13 Å². The van der Waals surface area contributed by atoms with Crippen LogP contribution in [0.5, 0.6) is 0 Å². The molecule has 2 rings (SSSR count). The number of rotatable bonds is 5. The second-order valence-electron chi connectivity index (χ2n) is 4.11. The second-order valence-corrected chi connectivity index (χ2v) is 5.34. The number of hydrogen-bond donors (Lipinski definition) is 2. The van der Waals surface area contributed by atoms with E-state index >= 15 is 0 Å². The summed E-state index contributed by atoms with van der Waals surface area (Å²) in [5.74, 6) is -0.189. The summed E-state index contributed by atoms with van der Waals surface area (Å²) in [5.41, 5.74) is -0.129. The van der Waals surface area contributed by atoms with Crippen LogP contribution in [0, 0.1) is 17.0 Å². The summed E-state index contributed by atoms with van der Waals surface area (Å²) in [4.78, 5) is 31.4. The molecular weight excluding hydrogens is 294 g/mol. The average molecular weight is 307 g/mol. The number of carbonyl (C=O) groups excluding carboxylic acids is 1. The number of carbonyl (C=O) groups is 1. The molecule has 0 saturated carbocycles. The van der Waals surface area contributed by atoms with Gasteiger partial charge in [0.25, 0.3) is 11.6 Å². The van der Waals surface area contributed by atoms with E-state index in [9.17, 15) is 14.9 Å². The maximum Gasteiger partial charge on any atom is 0.288 e. The number of nitrogens with one attached hydrogen (secondary N) is 2. The largest absolute Gasteiger partial charge is 0.370 e. The Bertz CT molecular complexity index is 685. The van der Waals surface area contributed by atoms with Crippen LogP contribution in [-0.4, -0.2) is 27.3 Å². The van der Waals surface area contributed by atoms with Crippen LogP contribution in [0.25, 0.3) is 0 Å². The Balaban J connectivity index is 2.32. The zero-order chi connectivity index (χ0) is 15.4. The molecule has 0 aliphatic rings.